The first-order valence-electron chi connectivity index (χ1n) is 6.87. The lowest BCUT2D eigenvalue weighted by Crippen LogP contribution is -2.26. The smallest absolute Gasteiger partial charge is 0.319 e. The monoisotopic (exact) mass is 239 g/mol. The van der Waals surface area contributed by atoms with E-state index >= 15 is 0 Å². The molecule has 1 aliphatic rings. The van der Waals surface area contributed by atoms with Crippen LogP contribution in [0.2, 0.25) is 0 Å². The highest BCUT2D eigenvalue weighted by Gasteiger charge is 2.04. The van der Waals surface area contributed by atoms with Gasteiger partial charge in [-0.25, -0.2) is 0 Å². The van der Waals surface area contributed by atoms with Gasteiger partial charge in [-0.3, -0.25) is 4.79 Å². The van der Waals surface area contributed by atoms with Crippen molar-refractivity contribution in [3.63, 3.8) is 0 Å². The van der Waals surface area contributed by atoms with E-state index in [0.717, 1.165) is 25.8 Å². The minimum atomic E-state index is -0.129. The summed E-state index contributed by atoms with van der Waals surface area (Å²) in [7, 11) is 0. The maximum atomic E-state index is 11.3. The lowest BCUT2D eigenvalue weighted by molar-refractivity contribution is -0.142. The van der Waals surface area contributed by atoms with Crippen molar-refractivity contribution in [3.05, 3.63) is 11.6 Å². The highest BCUT2D eigenvalue weighted by molar-refractivity contribution is 5.71. The summed E-state index contributed by atoms with van der Waals surface area (Å²) in [6.45, 7) is 3.87. The zero-order chi connectivity index (χ0) is 12.3. The predicted molar refractivity (Wildman–Crippen MR) is 69.9 cm³/mol. The molecule has 0 radical (unpaired) electrons. The Bertz CT molecular complexity index is 249. The Morgan fingerprint density at radius 1 is 1.47 bits per heavy atom. The van der Waals surface area contributed by atoms with Crippen LogP contribution in [0, 0.1) is 0 Å². The number of allylic oxidation sites excluding steroid dienone is 1. The van der Waals surface area contributed by atoms with E-state index in [0.29, 0.717) is 13.2 Å². The number of esters is 1. The molecule has 17 heavy (non-hydrogen) atoms. The summed E-state index contributed by atoms with van der Waals surface area (Å²) in [5.41, 5.74) is 1.54. The Labute approximate surface area is 105 Å². The molecule has 1 N–H and O–H groups in total. The van der Waals surface area contributed by atoms with Crippen LogP contribution in [-0.2, 0) is 9.53 Å². The molecule has 0 atom stereocenters. The molecule has 1 aliphatic carbocycles. The van der Waals surface area contributed by atoms with E-state index in [2.05, 4.69) is 18.3 Å². The topological polar surface area (TPSA) is 38.3 Å². The Balaban J connectivity index is 1.96. The van der Waals surface area contributed by atoms with Crippen molar-refractivity contribution >= 4 is 5.97 Å². The number of nitrogens with one attached hydrogen (secondary N) is 1. The molecule has 0 aromatic carbocycles. The van der Waals surface area contributed by atoms with Crippen molar-refractivity contribution in [2.24, 2.45) is 0 Å². The number of hydrogen-bond donors (Lipinski definition) is 1. The Morgan fingerprint density at radius 3 is 3.06 bits per heavy atom. The molecule has 0 fully saturated rings. The van der Waals surface area contributed by atoms with Crippen LogP contribution < -0.4 is 5.32 Å². The third-order valence-electron chi connectivity index (χ3n) is 3.04. The van der Waals surface area contributed by atoms with E-state index in [1.807, 2.05) is 0 Å². The predicted octanol–water partition coefficient (Wildman–Crippen LogP) is 2.81. The van der Waals surface area contributed by atoms with E-state index in [1.54, 1.807) is 5.57 Å². The first-order valence-corrected chi connectivity index (χ1v) is 6.87. The molecule has 0 saturated carbocycles. The largest absolute Gasteiger partial charge is 0.465 e. The molecule has 98 valence electrons. The second-order valence-corrected chi connectivity index (χ2v) is 4.61. The maximum absolute atomic E-state index is 11.3. The summed E-state index contributed by atoms with van der Waals surface area (Å²) in [5.74, 6) is -0.129. The minimum Gasteiger partial charge on any atom is -0.465 e. The normalized spacial score (nSPS) is 15.5. The van der Waals surface area contributed by atoms with Crippen molar-refractivity contribution in [2.45, 2.75) is 51.9 Å². The van der Waals surface area contributed by atoms with Crippen molar-refractivity contribution in [2.75, 3.05) is 19.7 Å². The summed E-state index contributed by atoms with van der Waals surface area (Å²) >= 11 is 0. The maximum Gasteiger partial charge on any atom is 0.319 e. The minimum absolute atomic E-state index is 0.129. The van der Waals surface area contributed by atoms with E-state index in [-0.39, 0.29) is 5.97 Å². The fourth-order valence-electron chi connectivity index (χ4n) is 1.95. The van der Waals surface area contributed by atoms with Gasteiger partial charge in [-0.2, -0.15) is 0 Å². The SMILES string of the molecule is CCCCOC(=O)CNCCC1=CCCCC1. The van der Waals surface area contributed by atoms with Gasteiger partial charge in [0, 0.05) is 0 Å². The first-order chi connectivity index (χ1) is 8.33. The van der Waals surface area contributed by atoms with E-state index in [9.17, 15) is 4.79 Å². The van der Waals surface area contributed by atoms with E-state index in [4.69, 9.17) is 4.74 Å². The third-order valence-corrected chi connectivity index (χ3v) is 3.04. The van der Waals surface area contributed by atoms with Crippen LogP contribution in [0.15, 0.2) is 11.6 Å². The van der Waals surface area contributed by atoms with Crippen LogP contribution in [0.3, 0.4) is 0 Å². The van der Waals surface area contributed by atoms with Gasteiger partial charge in [0.2, 0.25) is 0 Å². The number of carbonyl (C=O) groups is 1. The highest BCUT2D eigenvalue weighted by Crippen LogP contribution is 2.19. The summed E-state index contributed by atoms with van der Waals surface area (Å²) in [6, 6.07) is 0. The number of rotatable bonds is 8. The van der Waals surface area contributed by atoms with Crippen molar-refractivity contribution < 1.29 is 9.53 Å². The molecule has 0 amide bonds. The first kappa shape index (κ1) is 14.2. The number of hydrogen-bond acceptors (Lipinski definition) is 3. The summed E-state index contributed by atoms with van der Waals surface area (Å²) < 4.78 is 5.06. The second kappa shape index (κ2) is 9.23. The van der Waals surface area contributed by atoms with Gasteiger partial charge in [0.15, 0.2) is 0 Å². The fourth-order valence-corrected chi connectivity index (χ4v) is 1.95. The molecule has 0 heterocycles. The fraction of sp³-hybridized carbons (Fsp3) is 0.786. The Kier molecular flexibility index (Phi) is 7.72. The van der Waals surface area contributed by atoms with Crippen LogP contribution >= 0.6 is 0 Å². The lowest BCUT2D eigenvalue weighted by Gasteiger charge is -2.12. The molecule has 0 aliphatic heterocycles. The van der Waals surface area contributed by atoms with Crippen LogP contribution in [-0.4, -0.2) is 25.7 Å². The molecule has 3 nitrogen and oxygen atoms in total. The van der Waals surface area contributed by atoms with Crippen LogP contribution in [0.1, 0.15) is 51.9 Å². The van der Waals surface area contributed by atoms with Gasteiger partial charge in [0.1, 0.15) is 0 Å². The molecular formula is C14H25NO2. The summed E-state index contributed by atoms with van der Waals surface area (Å²) in [5, 5.41) is 3.14. The summed E-state index contributed by atoms with van der Waals surface area (Å²) in [4.78, 5) is 11.3. The molecule has 0 aromatic heterocycles. The van der Waals surface area contributed by atoms with Gasteiger partial charge in [0.05, 0.1) is 13.2 Å². The quantitative estimate of drug-likeness (QED) is 0.402. The van der Waals surface area contributed by atoms with E-state index in [1.165, 1.54) is 25.7 Å². The Morgan fingerprint density at radius 2 is 2.35 bits per heavy atom. The number of ether oxygens (including phenoxy) is 1. The third kappa shape index (κ3) is 7.16. The van der Waals surface area contributed by atoms with Crippen LogP contribution in [0.25, 0.3) is 0 Å². The molecule has 0 saturated heterocycles. The molecule has 0 aromatic rings. The van der Waals surface area contributed by atoms with Gasteiger partial charge >= 0.3 is 5.97 Å². The van der Waals surface area contributed by atoms with Crippen molar-refractivity contribution in [1.29, 1.82) is 0 Å². The molecule has 3 heteroatoms. The zero-order valence-corrected chi connectivity index (χ0v) is 11.0. The Hall–Kier alpha value is -0.830. The van der Waals surface area contributed by atoms with Gasteiger partial charge in [-0.1, -0.05) is 25.0 Å². The molecule has 0 spiro atoms. The molecule has 1 rings (SSSR count). The van der Waals surface area contributed by atoms with E-state index < -0.39 is 0 Å². The molecule has 0 bridgehead atoms. The highest BCUT2D eigenvalue weighted by atomic mass is 16.5. The summed E-state index contributed by atoms with van der Waals surface area (Å²) in [6.07, 6.45) is 10.6. The second-order valence-electron chi connectivity index (χ2n) is 4.61. The lowest BCUT2D eigenvalue weighted by atomic mass is 9.97. The standard InChI is InChI=1S/C14H25NO2/c1-2-3-11-17-14(16)12-15-10-9-13-7-5-4-6-8-13/h7,15H,2-6,8-12H2,1H3. The molecule has 0 unspecified atom stereocenters. The zero-order valence-electron chi connectivity index (χ0n) is 11.0. The number of unbranched alkanes of at least 4 members (excludes halogenated alkanes) is 1. The van der Waals surface area contributed by atoms with Gasteiger partial charge < -0.3 is 10.1 Å². The van der Waals surface area contributed by atoms with Crippen LogP contribution in [0.4, 0.5) is 0 Å². The van der Waals surface area contributed by atoms with Gasteiger partial charge in [-0.05, 0) is 45.1 Å². The van der Waals surface area contributed by atoms with Gasteiger partial charge in [0.25, 0.3) is 0 Å². The van der Waals surface area contributed by atoms with Crippen molar-refractivity contribution in [1.82, 2.24) is 5.32 Å². The van der Waals surface area contributed by atoms with Crippen molar-refractivity contribution in [3.8, 4) is 0 Å². The van der Waals surface area contributed by atoms with Gasteiger partial charge in [-0.15, -0.1) is 0 Å². The number of carbonyl (C=O) groups excluding carboxylic acids is 1. The average Bonchev–Trinajstić information content (AvgIpc) is 2.36. The average molecular weight is 239 g/mol. The van der Waals surface area contributed by atoms with Crippen LogP contribution in [0.5, 0.6) is 0 Å². The molecular weight excluding hydrogens is 214 g/mol.